The van der Waals surface area contributed by atoms with Gasteiger partial charge in [-0.25, -0.2) is 0 Å². The second kappa shape index (κ2) is 6.96. The number of phenols is 2. The molecule has 0 unspecified atom stereocenters. The molecular weight excluding hydrogens is 244 g/mol. The van der Waals surface area contributed by atoms with Crippen molar-refractivity contribution < 1.29 is 19.8 Å². The summed E-state index contributed by atoms with van der Waals surface area (Å²) in [5.41, 5.74) is 2.05. The van der Waals surface area contributed by atoms with Gasteiger partial charge in [0, 0.05) is 11.6 Å². The Labute approximate surface area is 111 Å². The Morgan fingerprint density at radius 3 is 2.16 bits per heavy atom. The molecule has 2 aromatic rings. The smallest absolute Gasteiger partial charge is 0.153 e. The maximum atomic E-state index is 10.2. The Morgan fingerprint density at radius 1 is 0.947 bits per heavy atom. The molecule has 0 atom stereocenters. The van der Waals surface area contributed by atoms with E-state index in [4.69, 9.17) is 10.2 Å². The molecule has 0 saturated carbocycles. The van der Waals surface area contributed by atoms with Gasteiger partial charge < -0.3 is 10.2 Å². The second-order valence-corrected chi connectivity index (χ2v) is 3.89. The monoisotopic (exact) mass is 258 g/mol. The van der Waals surface area contributed by atoms with Gasteiger partial charge >= 0.3 is 0 Å². The molecule has 0 spiro atoms. The van der Waals surface area contributed by atoms with Gasteiger partial charge in [-0.05, 0) is 25.1 Å². The van der Waals surface area contributed by atoms with Gasteiger partial charge in [-0.15, -0.1) is 0 Å². The fraction of sp³-hybridized carbons (Fsp3) is 0.0667. The molecule has 4 heteroatoms. The molecule has 0 aliphatic rings. The molecule has 2 aromatic carbocycles. The first-order valence-corrected chi connectivity index (χ1v) is 5.56. The third kappa shape index (κ3) is 4.63. The van der Waals surface area contributed by atoms with Gasteiger partial charge in [-0.2, -0.15) is 0 Å². The molecule has 0 aromatic heterocycles. The van der Waals surface area contributed by atoms with Crippen LogP contribution in [0.1, 0.15) is 26.3 Å². The molecule has 2 N–H and O–H groups in total. The quantitative estimate of drug-likeness (QED) is 0.812. The predicted octanol–water partition coefficient (Wildman–Crippen LogP) is 2.72. The summed E-state index contributed by atoms with van der Waals surface area (Å²) < 4.78 is 0. The van der Waals surface area contributed by atoms with E-state index in [0.717, 1.165) is 23.5 Å². The standard InChI is InChI=1S/C8H8O.C7H6O3/c1-7-3-2-4-8(5-7)6-9;8-4-5-1-2-6(9)3-7(5)10/h2-6H,1H3;1-4,9-10H. The first kappa shape index (κ1) is 14.4. The maximum Gasteiger partial charge on any atom is 0.153 e. The van der Waals surface area contributed by atoms with Crippen LogP contribution in [0.4, 0.5) is 0 Å². The molecule has 0 fully saturated rings. The van der Waals surface area contributed by atoms with Crippen molar-refractivity contribution in [1.29, 1.82) is 0 Å². The minimum absolute atomic E-state index is 0.0527. The zero-order valence-electron chi connectivity index (χ0n) is 10.4. The number of benzene rings is 2. The molecular formula is C15H14O4. The van der Waals surface area contributed by atoms with Crippen LogP contribution in [-0.4, -0.2) is 22.8 Å². The normalized spacial score (nSPS) is 9.11. The largest absolute Gasteiger partial charge is 0.508 e. The third-order valence-corrected chi connectivity index (χ3v) is 2.32. The highest BCUT2D eigenvalue weighted by atomic mass is 16.3. The van der Waals surface area contributed by atoms with Gasteiger partial charge in [0.1, 0.15) is 17.8 Å². The zero-order valence-corrected chi connectivity index (χ0v) is 10.4. The van der Waals surface area contributed by atoms with Crippen molar-refractivity contribution in [1.82, 2.24) is 0 Å². The molecule has 2 rings (SSSR count). The summed E-state index contributed by atoms with van der Waals surface area (Å²) in [5, 5.41) is 17.7. The number of aryl methyl sites for hydroxylation is 1. The summed E-state index contributed by atoms with van der Waals surface area (Å²) in [6, 6.07) is 11.3. The van der Waals surface area contributed by atoms with Crippen LogP contribution in [0.3, 0.4) is 0 Å². The Bertz CT molecular complexity index is 576. The number of hydrogen-bond acceptors (Lipinski definition) is 4. The van der Waals surface area contributed by atoms with Gasteiger partial charge in [0.05, 0.1) is 5.56 Å². The molecule has 0 bridgehead atoms. The average Bonchev–Trinajstić information content (AvgIpc) is 2.39. The lowest BCUT2D eigenvalue weighted by Crippen LogP contribution is -1.78. The SMILES string of the molecule is Cc1cccc(C=O)c1.O=Cc1ccc(O)cc1O. The lowest BCUT2D eigenvalue weighted by Gasteiger charge is -1.95. The van der Waals surface area contributed by atoms with Gasteiger partial charge in [0.2, 0.25) is 0 Å². The van der Waals surface area contributed by atoms with E-state index in [9.17, 15) is 9.59 Å². The molecule has 0 aliphatic heterocycles. The molecule has 0 heterocycles. The Kier molecular flexibility index (Phi) is 5.29. The average molecular weight is 258 g/mol. The van der Waals surface area contributed by atoms with E-state index < -0.39 is 0 Å². The fourth-order valence-corrected chi connectivity index (χ4v) is 1.38. The Morgan fingerprint density at radius 2 is 1.68 bits per heavy atom. The molecule has 0 radical (unpaired) electrons. The van der Waals surface area contributed by atoms with Crippen LogP contribution in [0, 0.1) is 6.92 Å². The number of rotatable bonds is 2. The number of hydrogen-bond donors (Lipinski definition) is 2. The molecule has 4 nitrogen and oxygen atoms in total. The van der Waals surface area contributed by atoms with Crippen LogP contribution >= 0.6 is 0 Å². The van der Waals surface area contributed by atoms with Crippen LogP contribution in [-0.2, 0) is 0 Å². The highest BCUT2D eigenvalue weighted by Crippen LogP contribution is 2.20. The number of carbonyl (C=O) groups is 2. The van der Waals surface area contributed by atoms with Crippen molar-refractivity contribution in [3.05, 3.63) is 59.2 Å². The van der Waals surface area contributed by atoms with E-state index in [1.165, 1.54) is 12.1 Å². The summed E-state index contributed by atoms with van der Waals surface area (Å²) in [7, 11) is 0. The number of phenolic OH excluding ortho intramolecular Hbond substituents is 2. The van der Waals surface area contributed by atoms with Crippen LogP contribution in [0.15, 0.2) is 42.5 Å². The molecule has 98 valence electrons. The molecule has 19 heavy (non-hydrogen) atoms. The second-order valence-electron chi connectivity index (χ2n) is 3.89. The summed E-state index contributed by atoms with van der Waals surface area (Å²) in [6.07, 6.45) is 1.38. The Hall–Kier alpha value is -2.62. The molecule has 0 saturated heterocycles. The van der Waals surface area contributed by atoms with Gasteiger partial charge in [-0.1, -0.05) is 23.8 Å². The van der Waals surface area contributed by atoms with Gasteiger partial charge in [0.25, 0.3) is 0 Å². The number of aldehydes is 2. The fourth-order valence-electron chi connectivity index (χ4n) is 1.38. The summed E-state index contributed by atoms with van der Waals surface area (Å²) in [6.45, 7) is 1.97. The lowest BCUT2D eigenvalue weighted by atomic mass is 10.2. The van der Waals surface area contributed by atoms with Crippen molar-refractivity contribution in [2.75, 3.05) is 0 Å². The van der Waals surface area contributed by atoms with E-state index >= 15 is 0 Å². The summed E-state index contributed by atoms with van der Waals surface area (Å²) in [5.74, 6) is -0.252. The van der Waals surface area contributed by atoms with Crippen LogP contribution in [0.25, 0.3) is 0 Å². The third-order valence-electron chi connectivity index (χ3n) is 2.32. The van der Waals surface area contributed by atoms with Crippen molar-refractivity contribution in [2.45, 2.75) is 6.92 Å². The van der Waals surface area contributed by atoms with Crippen LogP contribution in [0.2, 0.25) is 0 Å². The highest BCUT2D eigenvalue weighted by molar-refractivity contribution is 5.79. The van der Waals surface area contributed by atoms with E-state index in [1.54, 1.807) is 6.07 Å². The summed E-state index contributed by atoms with van der Waals surface area (Å²) in [4.78, 5) is 20.3. The maximum absolute atomic E-state index is 10.2. The Balaban J connectivity index is 0.000000191. The molecule has 0 amide bonds. The van der Waals surface area contributed by atoms with Crippen molar-refractivity contribution >= 4 is 12.6 Å². The van der Waals surface area contributed by atoms with Gasteiger partial charge in [-0.3, -0.25) is 9.59 Å². The van der Waals surface area contributed by atoms with Crippen LogP contribution < -0.4 is 0 Å². The highest BCUT2D eigenvalue weighted by Gasteiger charge is 1.98. The minimum Gasteiger partial charge on any atom is -0.508 e. The van der Waals surface area contributed by atoms with E-state index in [-0.39, 0.29) is 17.1 Å². The predicted molar refractivity (Wildman–Crippen MR) is 71.7 cm³/mol. The first-order chi connectivity index (χ1) is 9.06. The van der Waals surface area contributed by atoms with E-state index in [0.29, 0.717) is 6.29 Å². The number of aromatic hydroxyl groups is 2. The summed E-state index contributed by atoms with van der Waals surface area (Å²) >= 11 is 0. The van der Waals surface area contributed by atoms with Crippen molar-refractivity contribution in [3.63, 3.8) is 0 Å². The number of carbonyl (C=O) groups excluding carboxylic acids is 2. The van der Waals surface area contributed by atoms with Crippen LogP contribution in [0.5, 0.6) is 11.5 Å². The van der Waals surface area contributed by atoms with E-state index in [1.807, 2.05) is 25.1 Å². The van der Waals surface area contributed by atoms with Gasteiger partial charge in [0.15, 0.2) is 6.29 Å². The topological polar surface area (TPSA) is 74.6 Å². The molecule has 0 aliphatic carbocycles. The zero-order chi connectivity index (χ0) is 14.3. The van der Waals surface area contributed by atoms with E-state index in [2.05, 4.69) is 0 Å². The van der Waals surface area contributed by atoms with Crippen molar-refractivity contribution in [2.24, 2.45) is 0 Å². The lowest BCUT2D eigenvalue weighted by molar-refractivity contribution is 0.111. The minimum atomic E-state index is -0.199. The first-order valence-electron chi connectivity index (χ1n) is 5.56. The van der Waals surface area contributed by atoms with Crippen molar-refractivity contribution in [3.8, 4) is 11.5 Å².